The lowest BCUT2D eigenvalue weighted by Crippen LogP contribution is -2.11. The van der Waals surface area contributed by atoms with Crippen LogP contribution in [0.3, 0.4) is 0 Å². The number of amides is 1. The summed E-state index contributed by atoms with van der Waals surface area (Å²) < 4.78 is 4.51. The fourth-order valence-corrected chi connectivity index (χ4v) is 2.67. The maximum Gasteiger partial charge on any atom is 0.413 e. The summed E-state index contributed by atoms with van der Waals surface area (Å²) in [7, 11) is 1.32. The van der Waals surface area contributed by atoms with Gasteiger partial charge in [0.2, 0.25) is 5.95 Å². The second-order valence-electron chi connectivity index (χ2n) is 5.87. The Bertz CT molecular complexity index is 740. The molecular formula is C17H26N6O2S. The van der Waals surface area contributed by atoms with Gasteiger partial charge in [0.25, 0.3) is 0 Å². The molecule has 0 spiro atoms. The first-order chi connectivity index (χ1) is 12.5. The summed E-state index contributed by atoms with van der Waals surface area (Å²) >= 11 is 1.80. The molecule has 1 aromatic carbocycles. The molecule has 1 aromatic heterocycles. The van der Waals surface area contributed by atoms with Crippen LogP contribution in [0.1, 0.15) is 33.6 Å². The number of azide groups is 1. The first-order valence-corrected chi connectivity index (χ1v) is 9.47. The minimum absolute atomic E-state index is 0.398. The van der Waals surface area contributed by atoms with Crippen molar-refractivity contribution in [3.63, 3.8) is 0 Å². The van der Waals surface area contributed by atoms with E-state index in [9.17, 15) is 4.79 Å². The summed E-state index contributed by atoms with van der Waals surface area (Å²) in [5.41, 5.74) is 9.56. The number of imidazole rings is 1. The Hall–Kier alpha value is -2.38. The number of fused-ring (bicyclic) bond motifs is 1. The molecule has 8 nitrogen and oxygen atoms in total. The predicted molar refractivity (Wildman–Crippen MR) is 107 cm³/mol. The van der Waals surface area contributed by atoms with Gasteiger partial charge in [-0.3, -0.25) is 5.32 Å². The molecule has 0 saturated heterocycles. The Morgan fingerprint density at radius 3 is 2.88 bits per heavy atom. The van der Waals surface area contributed by atoms with Crippen LogP contribution in [0.4, 0.5) is 10.7 Å². The number of methoxy groups -OCH3 is 1. The third kappa shape index (κ3) is 8.13. The van der Waals surface area contributed by atoms with Crippen LogP contribution in [-0.4, -0.2) is 35.5 Å². The molecule has 1 amide bonds. The highest BCUT2D eigenvalue weighted by molar-refractivity contribution is 7.99. The smallest absolute Gasteiger partial charge is 0.413 e. The molecule has 0 saturated carbocycles. The molecule has 2 N–H and O–H groups in total. The zero-order valence-corrected chi connectivity index (χ0v) is 16.5. The zero-order chi connectivity index (χ0) is 19.4. The summed E-state index contributed by atoms with van der Waals surface area (Å²) in [4.78, 5) is 22.2. The van der Waals surface area contributed by atoms with E-state index >= 15 is 0 Å². The van der Waals surface area contributed by atoms with Crippen LogP contribution in [-0.2, 0) is 4.74 Å². The van der Waals surface area contributed by atoms with Gasteiger partial charge in [-0.15, -0.1) is 11.8 Å². The number of H-pyrrole nitrogens is 1. The Morgan fingerprint density at radius 2 is 2.27 bits per heavy atom. The molecule has 0 aliphatic heterocycles. The minimum Gasteiger partial charge on any atom is -0.453 e. The number of hydrogen-bond acceptors (Lipinski definition) is 5. The third-order valence-electron chi connectivity index (χ3n) is 3.20. The zero-order valence-electron chi connectivity index (χ0n) is 15.7. The molecule has 0 bridgehead atoms. The van der Waals surface area contributed by atoms with Crippen molar-refractivity contribution in [3.8, 4) is 0 Å². The number of ether oxygens (including phenoxy) is 1. The number of rotatable bonds is 7. The van der Waals surface area contributed by atoms with E-state index in [1.54, 1.807) is 11.8 Å². The topological polar surface area (TPSA) is 116 Å². The predicted octanol–water partition coefficient (Wildman–Crippen LogP) is 5.59. The molecule has 0 aliphatic carbocycles. The Kier molecular flexibility index (Phi) is 10.0. The van der Waals surface area contributed by atoms with Crippen molar-refractivity contribution in [2.75, 3.05) is 24.7 Å². The molecule has 0 radical (unpaired) electrons. The summed E-state index contributed by atoms with van der Waals surface area (Å²) in [6, 6.07) is 6.00. The monoisotopic (exact) mass is 378 g/mol. The van der Waals surface area contributed by atoms with Gasteiger partial charge in [0, 0.05) is 16.4 Å². The van der Waals surface area contributed by atoms with Gasteiger partial charge >= 0.3 is 6.09 Å². The van der Waals surface area contributed by atoms with Crippen molar-refractivity contribution >= 4 is 34.8 Å². The standard InChI is InChI=1S/C12H15N3O2S.C5H11N3/c1-3-6-18-8-4-5-9-10(7-8)14-11(13-9)15-12(16)17-2;1-5(2)3-4-7-8-6/h4-5,7H,3,6H2,1-2H3,(H2,13,14,15,16);5H,3-4H2,1-2H3. The van der Waals surface area contributed by atoms with E-state index in [4.69, 9.17) is 5.53 Å². The van der Waals surface area contributed by atoms with E-state index in [1.165, 1.54) is 12.0 Å². The van der Waals surface area contributed by atoms with Gasteiger partial charge in [-0.05, 0) is 48.2 Å². The number of nitrogens with zero attached hydrogens (tertiary/aromatic N) is 4. The molecular weight excluding hydrogens is 352 g/mol. The van der Waals surface area contributed by atoms with Gasteiger partial charge in [-0.2, -0.15) is 0 Å². The summed E-state index contributed by atoms with van der Waals surface area (Å²) in [6.45, 7) is 6.99. The van der Waals surface area contributed by atoms with Gasteiger partial charge < -0.3 is 9.72 Å². The van der Waals surface area contributed by atoms with E-state index in [-0.39, 0.29) is 0 Å². The highest BCUT2D eigenvalue weighted by Crippen LogP contribution is 2.23. The number of carbonyl (C=O) groups excluding carboxylic acids is 1. The summed E-state index contributed by atoms with van der Waals surface area (Å²) in [6.07, 6.45) is 1.60. The normalized spacial score (nSPS) is 10.0. The number of aromatic amines is 1. The molecule has 0 aliphatic rings. The van der Waals surface area contributed by atoms with E-state index in [2.05, 4.69) is 50.8 Å². The molecule has 9 heteroatoms. The second-order valence-corrected chi connectivity index (χ2v) is 7.03. The van der Waals surface area contributed by atoms with Gasteiger partial charge in [-0.1, -0.05) is 25.9 Å². The van der Waals surface area contributed by atoms with Crippen LogP contribution in [0.5, 0.6) is 0 Å². The van der Waals surface area contributed by atoms with Gasteiger partial charge in [-0.25, -0.2) is 9.78 Å². The van der Waals surface area contributed by atoms with Crippen molar-refractivity contribution in [2.24, 2.45) is 11.0 Å². The first-order valence-electron chi connectivity index (χ1n) is 8.48. The van der Waals surface area contributed by atoms with Crippen LogP contribution in [0.15, 0.2) is 28.2 Å². The van der Waals surface area contributed by atoms with Gasteiger partial charge in [0.05, 0.1) is 18.1 Å². The van der Waals surface area contributed by atoms with Crippen LogP contribution in [0, 0.1) is 5.92 Å². The molecule has 0 fully saturated rings. The van der Waals surface area contributed by atoms with Gasteiger partial charge in [0.15, 0.2) is 0 Å². The van der Waals surface area contributed by atoms with Crippen molar-refractivity contribution in [1.29, 1.82) is 0 Å². The highest BCUT2D eigenvalue weighted by Gasteiger charge is 2.07. The third-order valence-corrected chi connectivity index (χ3v) is 4.40. The molecule has 142 valence electrons. The van der Waals surface area contributed by atoms with Gasteiger partial charge in [0.1, 0.15) is 0 Å². The van der Waals surface area contributed by atoms with Crippen molar-refractivity contribution < 1.29 is 9.53 Å². The van der Waals surface area contributed by atoms with Crippen LogP contribution in [0.2, 0.25) is 0 Å². The molecule has 0 unspecified atom stereocenters. The quantitative estimate of drug-likeness (QED) is 0.283. The maximum atomic E-state index is 11.1. The van der Waals surface area contributed by atoms with Crippen LogP contribution < -0.4 is 5.32 Å². The number of anilines is 1. The van der Waals surface area contributed by atoms with Crippen LogP contribution in [0.25, 0.3) is 21.5 Å². The lowest BCUT2D eigenvalue weighted by Gasteiger charge is -1.98. The Labute approximate surface area is 157 Å². The molecule has 26 heavy (non-hydrogen) atoms. The number of thioether (sulfide) groups is 1. The van der Waals surface area contributed by atoms with Crippen molar-refractivity contribution in [1.82, 2.24) is 9.97 Å². The SMILES string of the molecule is CC(C)CCN=[N+]=[N-].CCCSc1ccc2nc(NC(=O)OC)[nH]c2c1. The largest absolute Gasteiger partial charge is 0.453 e. The number of hydrogen-bond donors (Lipinski definition) is 2. The number of aromatic nitrogens is 2. The fourth-order valence-electron chi connectivity index (χ4n) is 1.87. The average molecular weight is 379 g/mol. The molecule has 0 atom stereocenters. The second kappa shape index (κ2) is 12.1. The number of nitrogens with one attached hydrogen (secondary N) is 2. The lowest BCUT2D eigenvalue weighted by molar-refractivity contribution is 0.186. The van der Waals surface area contributed by atoms with Crippen molar-refractivity contribution in [3.05, 3.63) is 28.6 Å². The van der Waals surface area contributed by atoms with E-state index in [0.717, 1.165) is 29.6 Å². The number of benzene rings is 1. The van der Waals surface area contributed by atoms with E-state index in [1.807, 2.05) is 18.2 Å². The maximum absolute atomic E-state index is 11.1. The van der Waals surface area contributed by atoms with Crippen molar-refractivity contribution in [2.45, 2.75) is 38.5 Å². The fraction of sp³-hybridized carbons (Fsp3) is 0.529. The van der Waals surface area contributed by atoms with E-state index < -0.39 is 6.09 Å². The molecule has 2 aromatic rings. The first kappa shape index (κ1) is 21.7. The Morgan fingerprint density at radius 1 is 1.50 bits per heavy atom. The Balaban J connectivity index is 0.000000359. The van der Waals surface area contributed by atoms with E-state index in [0.29, 0.717) is 18.4 Å². The highest BCUT2D eigenvalue weighted by atomic mass is 32.2. The summed E-state index contributed by atoms with van der Waals surface area (Å²) in [5.74, 6) is 2.13. The minimum atomic E-state index is -0.533. The number of carbonyl (C=O) groups is 1. The molecule has 2 rings (SSSR count). The average Bonchev–Trinajstić information content (AvgIpc) is 3.01. The van der Waals surface area contributed by atoms with Crippen LogP contribution >= 0.6 is 11.8 Å². The molecule has 1 heterocycles. The summed E-state index contributed by atoms with van der Waals surface area (Å²) in [5, 5.41) is 5.90. The lowest BCUT2D eigenvalue weighted by atomic mass is 10.1.